The molecule has 2 rings (SSSR count). The molecule has 1 unspecified atom stereocenters. The number of imide groups is 1. The molecule has 1 atom stereocenters. The van der Waals surface area contributed by atoms with Gasteiger partial charge < -0.3 is 4.74 Å². The highest BCUT2D eigenvalue weighted by Crippen LogP contribution is 2.34. The Morgan fingerprint density at radius 1 is 1.13 bits per heavy atom. The van der Waals surface area contributed by atoms with E-state index in [1.54, 1.807) is 6.92 Å². The van der Waals surface area contributed by atoms with E-state index in [1.807, 2.05) is 0 Å². The van der Waals surface area contributed by atoms with Crippen molar-refractivity contribution in [2.75, 3.05) is 13.2 Å². The quantitative estimate of drug-likeness (QED) is 0.459. The van der Waals surface area contributed by atoms with Crippen LogP contribution in [0.2, 0.25) is 10.0 Å². The minimum Gasteiger partial charge on any atom is -0.465 e. The highest BCUT2D eigenvalue weighted by molar-refractivity contribution is 6.41. The SMILES string of the molecule is CCOC(=O)C(CN1C(=O)c2c(Cl)ccc(Cl)c2C1=O)C(C)=O. The summed E-state index contributed by atoms with van der Waals surface area (Å²) >= 11 is 11.9. The molecular weight excluding hydrogens is 345 g/mol. The standard InChI is InChI=1S/C15H13Cl2NO5/c1-3-23-15(22)8(7(2)19)6-18-13(20)11-9(16)4-5-10(17)12(11)14(18)21/h4-5,8H,3,6H2,1-2H3. The zero-order chi connectivity index (χ0) is 17.3. The van der Waals surface area contributed by atoms with Crippen molar-refractivity contribution in [3.05, 3.63) is 33.3 Å². The zero-order valence-corrected chi connectivity index (χ0v) is 13.9. The fourth-order valence-electron chi connectivity index (χ4n) is 2.29. The largest absolute Gasteiger partial charge is 0.465 e. The second-order valence-corrected chi connectivity index (χ2v) is 5.73. The molecule has 0 aliphatic carbocycles. The highest BCUT2D eigenvalue weighted by Gasteiger charge is 2.42. The van der Waals surface area contributed by atoms with E-state index in [2.05, 4.69) is 0 Å². The van der Waals surface area contributed by atoms with Crippen molar-refractivity contribution in [2.24, 2.45) is 5.92 Å². The lowest BCUT2D eigenvalue weighted by molar-refractivity contribution is -0.151. The average molecular weight is 358 g/mol. The van der Waals surface area contributed by atoms with E-state index in [1.165, 1.54) is 19.1 Å². The Bertz CT molecular complexity index is 675. The molecule has 8 heteroatoms. The maximum Gasteiger partial charge on any atom is 0.318 e. The number of ether oxygens (including phenoxy) is 1. The van der Waals surface area contributed by atoms with Gasteiger partial charge in [-0.25, -0.2) is 0 Å². The number of halogens is 2. The molecule has 2 amide bonds. The average Bonchev–Trinajstić information content (AvgIpc) is 2.73. The number of amides is 2. The van der Waals surface area contributed by atoms with E-state index in [-0.39, 0.29) is 27.8 Å². The summed E-state index contributed by atoms with van der Waals surface area (Å²) in [6, 6.07) is 2.82. The van der Waals surface area contributed by atoms with Gasteiger partial charge in [-0.3, -0.25) is 24.1 Å². The minimum absolute atomic E-state index is 0.0182. The van der Waals surface area contributed by atoms with Crippen LogP contribution >= 0.6 is 23.2 Å². The molecule has 6 nitrogen and oxygen atoms in total. The number of hydrogen-bond donors (Lipinski definition) is 0. The number of ketones is 1. The van der Waals surface area contributed by atoms with Gasteiger partial charge in [-0.2, -0.15) is 0 Å². The summed E-state index contributed by atoms with van der Waals surface area (Å²) in [5, 5.41) is 0.168. The molecule has 122 valence electrons. The Balaban J connectivity index is 2.36. The molecule has 0 saturated heterocycles. The van der Waals surface area contributed by atoms with Crippen LogP contribution in [0.25, 0.3) is 0 Å². The summed E-state index contributed by atoms with van der Waals surface area (Å²) in [7, 11) is 0. The van der Waals surface area contributed by atoms with Crippen LogP contribution in [0.15, 0.2) is 12.1 Å². The minimum atomic E-state index is -1.24. The van der Waals surface area contributed by atoms with Crippen molar-refractivity contribution in [1.29, 1.82) is 0 Å². The van der Waals surface area contributed by atoms with Gasteiger partial charge in [-0.15, -0.1) is 0 Å². The van der Waals surface area contributed by atoms with Crippen molar-refractivity contribution in [1.82, 2.24) is 4.90 Å². The van der Waals surface area contributed by atoms with Gasteiger partial charge in [0.1, 0.15) is 11.7 Å². The van der Waals surface area contributed by atoms with E-state index in [4.69, 9.17) is 27.9 Å². The third-order valence-corrected chi connectivity index (χ3v) is 4.08. The van der Waals surface area contributed by atoms with Gasteiger partial charge in [-0.05, 0) is 26.0 Å². The number of hydrogen-bond acceptors (Lipinski definition) is 5. The Morgan fingerprint density at radius 2 is 1.61 bits per heavy atom. The molecule has 0 bridgehead atoms. The number of fused-ring (bicyclic) bond motifs is 1. The number of carbonyl (C=O) groups excluding carboxylic acids is 4. The third-order valence-electron chi connectivity index (χ3n) is 3.45. The predicted molar refractivity (Wildman–Crippen MR) is 82.6 cm³/mol. The molecular formula is C15H13Cl2NO5. The first kappa shape index (κ1) is 17.4. The highest BCUT2D eigenvalue weighted by atomic mass is 35.5. The van der Waals surface area contributed by atoms with Gasteiger partial charge in [0.2, 0.25) is 0 Å². The Kier molecular flexibility index (Phi) is 5.06. The van der Waals surface area contributed by atoms with E-state index in [9.17, 15) is 19.2 Å². The Labute approximate surface area is 142 Å². The second kappa shape index (κ2) is 6.68. The third kappa shape index (κ3) is 3.09. The first-order valence-electron chi connectivity index (χ1n) is 6.80. The monoisotopic (exact) mass is 357 g/mol. The molecule has 0 aromatic heterocycles. The molecule has 0 N–H and O–H groups in total. The summed E-state index contributed by atoms with van der Waals surface area (Å²) in [4.78, 5) is 49.1. The number of esters is 1. The van der Waals surface area contributed by atoms with Gasteiger partial charge in [0, 0.05) is 6.54 Å². The topological polar surface area (TPSA) is 80.8 Å². The fourth-order valence-corrected chi connectivity index (χ4v) is 2.77. The van der Waals surface area contributed by atoms with Crippen LogP contribution in [0.4, 0.5) is 0 Å². The van der Waals surface area contributed by atoms with E-state index in [0.29, 0.717) is 0 Å². The van der Waals surface area contributed by atoms with Gasteiger partial charge in [0.25, 0.3) is 11.8 Å². The van der Waals surface area contributed by atoms with E-state index in [0.717, 1.165) is 4.90 Å². The van der Waals surface area contributed by atoms with Crippen molar-refractivity contribution in [3.8, 4) is 0 Å². The van der Waals surface area contributed by atoms with Crippen LogP contribution in [0.1, 0.15) is 34.6 Å². The maximum absolute atomic E-state index is 12.4. The second-order valence-electron chi connectivity index (χ2n) is 4.92. The van der Waals surface area contributed by atoms with Crippen molar-refractivity contribution in [3.63, 3.8) is 0 Å². The van der Waals surface area contributed by atoms with Crippen molar-refractivity contribution < 1.29 is 23.9 Å². The Hall–Kier alpha value is -1.92. The molecule has 1 aliphatic heterocycles. The zero-order valence-electron chi connectivity index (χ0n) is 12.4. The lowest BCUT2D eigenvalue weighted by Gasteiger charge is -2.19. The molecule has 1 aliphatic rings. The first-order chi connectivity index (χ1) is 10.8. The normalized spacial score (nSPS) is 14.7. The van der Waals surface area contributed by atoms with Gasteiger partial charge in [-0.1, -0.05) is 23.2 Å². The molecule has 0 spiro atoms. The van der Waals surface area contributed by atoms with Crippen LogP contribution in [-0.2, 0) is 14.3 Å². The smallest absolute Gasteiger partial charge is 0.318 e. The summed E-state index contributed by atoms with van der Waals surface area (Å²) in [5.74, 6) is -3.90. The number of rotatable bonds is 5. The first-order valence-corrected chi connectivity index (χ1v) is 7.56. The van der Waals surface area contributed by atoms with Crippen molar-refractivity contribution in [2.45, 2.75) is 13.8 Å². The molecule has 23 heavy (non-hydrogen) atoms. The molecule has 0 radical (unpaired) electrons. The lowest BCUT2D eigenvalue weighted by atomic mass is 10.1. The molecule has 0 fully saturated rings. The number of Topliss-reactive ketones (excluding diaryl/α,β-unsaturated/α-hetero) is 1. The van der Waals surface area contributed by atoms with Crippen LogP contribution in [0, 0.1) is 5.92 Å². The van der Waals surface area contributed by atoms with Crippen LogP contribution in [-0.4, -0.2) is 41.6 Å². The number of benzene rings is 1. The van der Waals surface area contributed by atoms with Crippen molar-refractivity contribution >= 4 is 46.8 Å². The van der Waals surface area contributed by atoms with Gasteiger partial charge in [0.15, 0.2) is 0 Å². The van der Waals surface area contributed by atoms with E-state index < -0.39 is 36.0 Å². The molecule has 1 heterocycles. The number of carbonyl (C=O) groups is 4. The van der Waals surface area contributed by atoms with Gasteiger partial charge >= 0.3 is 5.97 Å². The van der Waals surface area contributed by atoms with Crippen LogP contribution in [0.5, 0.6) is 0 Å². The van der Waals surface area contributed by atoms with Crippen LogP contribution < -0.4 is 0 Å². The van der Waals surface area contributed by atoms with E-state index >= 15 is 0 Å². The summed E-state index contributed by atoms with van der Waals surface area (Å²) < 4.78 is 4.81. The van der Waals surface area contributed by atoms with Crippen LogP contribution in [0.3, 0.4) is 0 Å². The molecule has 0 saturated carbocycles. The lowest BCUT2D eigenvalue weighted by Crippen LogP contribution is -2.40. The summed E-state index contributed by atoms with van der Waals surface area (Å²) in [6.07, 6.45) is 0. The predicted octanol–water partition coefficient (Wildman–Crippen LogP) is 2.36. The fraction of sp³-hybridized carbons (Fsp3) is 0.333. The molecule has 1 aromatic carbocycles. The Morgan fingerprint density at radius 3 is 2.00 bits per heavy atom. The summed E-state index contributed by atoms with van der Waals surface area (Å²) in [6.45, 7) is 2.46. The summed E-state index contributed by atoms with van der Waals surface area (Å²) in [5.41, 5.74) is -0.0364. The van der Waals surface area contributed by atoms with Gasteiger partial charge in [0.05, 0.1) is 27.8 Å². The molecule has 1 aromatic rings. The maximum atomic E-state index is 12.4. The number of nitrogens with zero attached hydrogens (tertiary/aromatic N) is 1.